The van der Waals surface area contributed by atoms with Gasteiger partial charge in [0.1, 0.15) is 12.1 Å². The van der Waals surface area contributed by atoms with Crippen LogP contribution in [0.4, 0.5) is 11.5 Å². The monoisotopic (exact) mass is 379 g/mol. The Kier molecular flexibility index (Phi) is 5.45. The molecule has 9 heteroatoms. The first kappa shape index (κ1) is 18.8. The number of nitrogens with zero attached hydrogens (tertiary/aromatic N) is 3. The highest BCUT2D eigenvalue weighted by Crippen LogP contribution is 2.33. The van der Waals surface area contributed by atoms with Crippen LogP contribution in [0.5, 0.6) is 11.6 Å². The Bertz CT molecular complexity index is 1000. The molecule has 2 N–H and O–H groups in total. The Morgan fingerprint density at radius 1 is 1.00 bits per heavy atom. The van der Waals surface area contributed by atoms with Crippen molar-refractivity contribution in [3.05, 3.63) is 81.7 Å². The van der Waals surface area contributed by atoms with E-state index in [9.17, 15) is 14.9 Å². The van der Waals surface area contributed by atoms with Crippen molar-refractivity contribution in [2.45, 2.75) is 13.8 Å². The Balaban J connectivity index is 1.80. The number of benzene rings is 2. The van der Waals surface area contributed by atoms with Gasteiger partial charge in [-0.2, -0.15) is 4.98 Å². The number of hydrogen-bond donors (Lipinski definition) is 2. The molecule has 2 aromatic carbocycles. The molecule has 1 amide bonds. The van der Waals surface area contributed by atoms with Crippen molar-refractivity contribution in [3.63, 3.8) is 0 Å². The van der Waals surface area contributed by atoms with E-state index in [1.54, 1.807) is 36.4 Å². The van der Waals surface area contributed by atoms with Crippen molar-refractivity contribution in [3.8, 4) is 11.6 Å². The lowest BCUT2D eigenvalue weighted by Crippen LogP contribution is -2.30. The molecule has 0 radical (unpaired) electrons. The molecule has 0 unspecified atom stereocenters. The van der Waals surface area contributed by atoms with Crippen LogP contribution in [0.25, 0.3) is 0 Å². The highest BCUT2D eigenvalue weighted by atomic mass is 16.6. The number of nitro groups is 1. The van der Waals surface area contributed by atoms with E-state index in [0.717, 1.165) is 17.5 Å². The van der Waals surface area contributed by atoms with E-state index >= 15 is 0 Å². The van der Waals surface area contributed by atoms with Crippen molar-refractivity contribution in [1.82, 2.24) is 15.4 Å². The lowest BCUT2D eigenvalue weighted by atomic mass is 10.1. The van der Waals surface area contributed by atoms with Crippen molar-refractivity contribution < 1.29 is 14.5 Å². The molecule has 0 aliphatic carbocycles. The zero-order valence-electron chi connectivity index (χ0n) is 15.2. The summed E-state index contributed by atoms with van der Waals surface area (Å²) in [5.41, 5.74) is 6.79. The first-order chi connectivity index (χ1) is 13.4. The van der Waals surface area contributed by atoms with Crippen LogP contribution in [0.1, 0.15) is 21.5 Å². The third kappa shape index (κ3) is 4.39. The first-order valence-electron chi connectivity index (χ1n) is 8.31. The number of anilines is 1. The van der Waals surface area contributed by atoms with Gasteiger partial charge in [-0.1, -0.05) is 35.4 Å². The molecular formula is C19H17N5O4. The number of rotatable bonds is 6. The maximum absolute atomic E-state index is 12.2. The SMILES string of the molecule is Cc1ccc(Oc2ncnc(NNC(=O)c3ccc(C)cc3)c2[N+](=O)[O-])cc1. The van der Waals surface area contributed by atoms with Gasteiger partial charge in [0.25, 0.3) is 5.91 Å². The third-order valence-electron chi connectivity index (χ3n) is 3.81. The van der Waals surface area contributed by atoms with Gasteiger partial charge in [0, 0.05) is 5.56 Å². The van der Waals surface area contributed by atoms with Gasteiger partial charge in [-0.15, -0.1) is 0 Å². The lowest BCUT2D eigenvalue weighted by molar-refractivity contribution is -0.385. The maximum Gasteiger partial charge on any atom is 0.374 e. The predicted molar refractivity (Wildman–Crippen MR) is 102 cm³/mol. The largest absolute Gasteiger partial charge is 0.434 e. The minimum atomic E-state index is -0.677. The van der Waals surface area contributed by atoms with Crippen LogP contribution in [-0.4, -0.2) is 20.8 Å². The number of nitrogens with one attached hydrogen (secondary N) is 2. The number of ether oxygens (including phenoxy) is 1. The third-order valence-corrected chi connectivity index (χ3v) is 3.81. The van der Waals surface area contributed by atoms with E-state index in [4.69, 9.17) is 4.74 Å². The molecule has 142 valence electrons. The van der Waals surface area contributed by atoms with Crippen molar-refractivity contribution in [2.24, 2.45) is 0 Å². The average Bonchev–Trinajstić information content (AvgIpc) is 2.68. The number of carbonyl (C=O) groups is 1. The molecule has 0 atom stereocenters. The second-order valence-electron chi connectivity index (χ2n) is 5.99. The minimum absolute atomic E-state index is 0.192. The fourth-order valence-electron chi connectivity index (χ4n) is 2.30. The fourth-order valence-corrected chi connectivity index (χ4v) is 2.30. The van der Waals surface area contributed by atoms with Crippen LogP contribution < -0.4 is 15.6 Å². The molecule has 0 fully saturated rings. The first-order valence-corrected chi connectivity index (χ1v) is 8.31. The molecule has 28 heavy (non-hydrogen) atoms. The summed E-state index contributed by atoms with van der Waals surface area (Å²) in [6, 6.07) is 13.8. The summed E-state index contributed by atoms with van der Waals surface area (Å²) in [6.45, 7) is 3.81. The molecule has 1 aromatic heterocycles. The van der Waals surface area contributed by atoms with Crippen molar-refractivity contribution in [2.75, 3.05) is 5.43 Å². The van der Waals surface area contributed by atoms with E-state index in [-0.39, 0.29) is 11.7 Å². The van der Waals surface area contributed by atoms with Crippen LogP contribution in [0.15, 0.2) is 54.9 Å². The van der Waals surface area contributed by atoms with E-state index in [1.807, 2.05) is 26.0 Å². The number of aromatic nitrogens is 2. The van der Waals surface area contributed by atoms with Gasteiger partial charge in [-0.25, -0.2) is 4.98 Å². The number of carbonyl (C=O) groups excluding carboxylic acids is 1. The van der Waals surface area contributed by atoms with Crippen molar-refractivity contribution >= 4 is 17.4 Å². The van der Waals surface area contributed by atoms with Crippen LogP contribution >= 0.6 is 0 Å². The number of hydrogen-bond acceptors (Lipinski definition) is 7. The minimum Gasteiger partial charge on any atom is -0.434 e. The van der Waals surface area contributed by atoms with E-state index in [0.29, 0.717) is 11.3 Å². The van der Waals surface area contributed by atoms with Gasteiger partial charge in [0.2, 0.25) is 5.82 Å². The molecule has 0 saturated carbocycles. The molecule has 0 bridgehead atoms. The van der Waals surface area contributed by atoms with Gasteiger partial charge in [0.05, 0.1) is 4.92 Å². The zero-order valence-corrected chi connectivity index (χ0v) is 15.2. The molecule has 1 heterocycles. The quantitative estimate of drug-likeness (QED) is 0.496. The molecule has 0 spiro atoms. The summed E-state index contributed by atoms with van der Waals surface area (Å²) in [6.07, 6.45) is 1.11. The number of amides is 1. The van der Waals surface area contributed by atoms with E-state index in [1.165, 1.54) is 0 Å². The summed E-state index contributed by atoms with van der Waals surface area (Å²) >= 11 is 0. The van der Waals surface area contributed by atoms with Gasteiger partial charge in [0.15, 0.2) is 0 Å². The normalized spacial score (nSPS) is 10.2. The highest BCUT2D eigenvalue weighted by Gasteiger charge is 2.25. The summed E-state index contributed by atoms with van der Waals surface area (Å²) in [5, 5.41) is 11.5. The Labute approximate surface area is 160 Å². The van der Waals surface area contributed by atoms with Crippen LogP contribution in [0.2, 0.25) is 0 Å². The summed E-state index contributed by atoms with van der Waals surface area (Å²) in [7, 11) is 0. The second-order valence-corrected chi connectivity index (χ2v) is 5.99. The Morgan fingerprint density at radius 2 is 1.61 bits per heavy atom. The van der Waals surface area contributed by atoms with Crippen molar-refractivity contribution in [1.29, 1.82) is 0 Å². The van der Waals surface area contributed by atoms with Gasteiger partial charge in [-0.3, -0.25) is 25.8 Å². The van der Waals surface area contributed by atoms with Crippen LogP contribution in [0.3, 0.4) is 0 Å². The molecule has 0 saturated heterocycles. The Hall–Kier alpha value is -4.01. The standard InChI is InChI=1S/C19H17N5O4/c1-12-3-7-14(8-4-12)18(25)23-22-17-16(24(26)27)19(21-11-20-17)28-15-9-5-13(2)6-10-15/h3-11H,1-2H3,(H,23,25)(H,20,21,22). The molecule has 0 aliphatic heterocycles. The zero-order chi connectivity index (χ0) is 20.1. The predicted octanol–water partition coefficient (Wildman–Crippen LogP) is 3.55. The molecule has 0 aliphatic rings. The molecule has 3 aromatic rings. The molecule has 3 rings (SSSR count). The molecular weight excluding hydrogens is 362 g/mol. The number of aryl methyl sites for hydroxylation is 2. The van der Waals surface area contributed by atoms with Gasteiger partial charge in [-0.05, 0) is 38.1 Å². The van der Waals surface area contributed by atoms with Gasteiger partial charge >= 0.3 is 11.6 Å². The lowest BCUT2D eigenvalue weighted by Gasteiger charge is -2.10. The van der Waals surface area contributed by atoms with E-state index in [2.05, 4.69) is 20.8 Å². The van der Waals surface area contributed by atoms with Crippen LogP contribution in [0, 0.1) is 24.0 Å². The van der Waals surface area contributed by atoms with Gasteiger partial charge < -0.3 is 4.74 Å². The summed E-state index contributed by atoms with van der Waals surface area (Å²) < 4.78 is 5.53. The molecule has 9 nitrogen and oxygen atoms in total. The fraction of sp³-hybridized carbons (Fsp3) is 0.105. The van der Waals surface area contributed by atoms with Crippen LogP contribution in [-0.2, 0) is 0 Å². The highest BCUT2D eigenvalue weighted by molar-refractivity contribution is 5.95. The number of hydrazine groups is 1. The smallest absolute Gasteiger partial charge is 0.374 e. The van der Waals surface area contributed by atoms with E-state index < -0.39 is 16.5 Å². The average molecular weight is 379 g/mol. The summed E-state index contributed by atoms with van der Waals surface area (Å²) in [4.78, 5) is 30.7. The topological polar surface area (TPSA) is 119 Å². The second kappa shape index (κ2) is 8.12. The maximum atomic E-state index is 12.2. The summed E-state index contributed by atoms with van der Waals surface area (Å²) in [5.74, 6) is -0.505. The Morgan fingerprint density at radius 3 is 2.21 bits per heavy atom.